The predicted molar refractivity (Wildman–Crippen MR) is 164 cm³/mol. The summed E-state index contributed by atoms with van der Waals surface area (Å²) < 4.78 is 29.3. The second-order valence-corrected chi connectivity index (χ2v) is 12.8. The molecular formula is C33H41N3O5S. The summed E-state index contributed by atoms with van der Waals surface area (Å²) in [7, 11) is -3.26. The van der Waals surface area contributed by atoms with Gasteiger partial charge in [0.1, 0.15) is 6.10 Å². The molecule has 8 nitrogen and oxygen atoms in total. The van der Waals surface area contributed by atoms with Gasteiger partial charge in [-0.2, -0.15) is 0 Å². The van der Waals surface area contributed by atoms with E-state index in [4.69, 9.17) is 4.74 Å². The van der Waals surface area contributed by atoms with Gasteiger partial charge in [0.05, 0.1) is 11.3 Å². The third-order valence-corrected chi connectivity index (χ3v) is 8.90. The van der Waals surface area contributed by atoms with Crippen molar-refractivity contribution < 1.29 is 22.7 Å². The standard InChI is InChI=1S/C33H41N3O5S/c1-3-36(32(37)24-26-14-16-30(17-15-26)42(2,39)40)29-18-21-35(22-19-29)23-20-31(28-12-8-5-9-13-28)41-33(38)34-25-27-10-6-4-7-11-27/h4-17,29,31H,3,18-25H2,1-2H3,(H,34,38). The first-order valence-electron chi connectivity index (χ1n) is 14.6. The third-order valence-electron chi connectivity index (χ3n) is 7.77. The van der Waals surface area contributed by atoms with E-state index in [1.54, 1.807) is 24.3 Å². The van der Waals surface area contributed by atoms with E-state index >= 15 is 0 Å². The quantitative estimate of drug-likeness (QED) is 0.318. The van der Waals surface area contributed by atoms with Crippen molar-refractivity contribution in [2.24, 2.45) is 0 Å². The van der Waals surface area contributed by atoms with Crippen LogP contribution in [0.3, 0.4) is 0 Å². The first-order chi connectivity index (χ1) is 20.2. The molecule has 1 heterocycles. The molecule has 1 aliphatic rings. The average molecular weight is 592 g/mol. The number of sulfone groups is 1. The van der Waals surface area contributed by atoms with Crippen LogP contribution in [0.2, 0.25) is 0 Å². The number of nitrogens with one attached hydrogen (secondary N) is 1. The lowest BCUT2D eigenvalue weighted by Crippen LogP contribution is -2.48. The summed E-state index contributed by atoms with van der Waals surface area (Å²) in [6.45, 7) is 5.55. The van der Waals surface area contributed by atoms with Crippen LogP contribution in [-0.2, 0) is 32.3 Å². The number of amides is 2. The van der Waals surface area contributed by atoms with Crippen molar-refractivity contribution in [3.63, 3.8) is 0 Å². The maximum atomic E-state index is 13.2. The van der Waals surface area contributed by atoms with Crippen molar-refractivity contribution in [3.05, 3.63) is 102 Å². The Morgan fingerprint density at radius 1 is 0.929 bits per heavy atom. The van der Waals surface area contributed by atoms with Crippen molar-refractivity contribution in [3.8, 4) is 0 Å². The zero-order valence-corrected chi connectivity index (χ0v) is 25.3. The molecule has 4 rings (SSSR count). The highest BCUT2D eigenvalue weighted by Crippen LogP contribution is 2.24. The minimum absolute atomic E-state index is 0.0575. The van der Waals surface area contributed by atoms with Gasteiger partial charge < -0.3 is 19.9 Å². The molecule has 9 heteroatoms. The molecule has 0 radical (unpaired) electrons. The number of alkyl carbamates (subject to hydrolysis) is 1. The molecule has 1 N–H and O–H groups in total. The van der Waals surface area contributed by atoms with Crippen LogP contribution in [0.5, 0.6) is 0 Å². The molecule has 2 amide bonds. The summed E-state index contributed by atoms with van der Waals surface area (Å²) in [4.78, 5) is 30.4. The lowest BCUT2D eigenvalue weighted by Gasteiger charge is -2.38. The number of likely N-dealkylation sites (N-methyl/N-ethyl adjacent to an activating group) is 1. The molecule has 0 aromatic heterocycles. The van der Waals surface area contributed by atoms with Crippen molar-refractivity contribution in [1.29, 1.82) is 0 Å². The Hall–Kier alpha value is -3.69. The first kappa shape index (κ1) is 31.3. The molecular weight excluding hydrogens is 550 g/mol. The minimum atomic E-state index is -3.26. The summed E-state index contributed by atoms with van der Waals surface area (Å²) in [5.41, 5.74) is 2.79. The highest BCUT2D eigenvalue weighted by molar-refractivity contribution is 7.90. The van der Waals surface area contributed by atoms with Gasteiger partial charge in [-0.1, -0.05) is 72.8 Å². The third kappa shape index (κ3) is 9.16. The molecule has 224 valence electrons. The first-order valence-corrected chi connectivity index (χ1v) is 16.5. The summed E-state index contributed by atoms with van der Waals surface area (Å²) in [5.74, 6) is 0.0575. The SMILES string of the molecule is CCN(C(=O)Cc1ccc(S(C)(=O)=O)cc1)C1CCN(CCC(OC(=O)NCc2ccccc2)c2ccccc2)CC1. The molecule has 1 fully saturated rings. The van der Waals surface area contributed by atoms with Crippen LogP contribution >= 0.6 is 0 Å². The number of ether oxygens (including phenoxy) is 1. The van der Waals surface area contributed by atoms with Gasteiger partial charge in [0.25, 0.3) is 0 Å². The Labute approximate surface area is 249 Å². The second-order valence-electron chi connectivity index (χ2n) is 10.8. The fraction of sp³-hybridized carbons (Fsp3) is 0.394. The van der Waals surface area contributed by atoms with Crippen molar-refractivity contribution in [2.75, 3.05) is 32.4 Å². The van der Waals surface area contributed by atoms with E-state index in [1.165, 1.54) is 6.26 Å². The fourth-order valence-electron chi connectivity index (χ4n) is 5.43. The molecule has 0 saturated carbocycles. The van der Waals surface area contributed by atoms with Gasteiger partial charge in [0, 0.05) is 51.4 Å². The Kier molecular flexibility index (Phi) is 11.1. The highest BCUT2D eigenvalue weighted by atomic mass is 32.2. The Morgan fingerprint density at radius 2 is 1.55 bits per heavy atom. The van der Waals surface area contributed by atoms with E-state index in [2.05, 4.69) is 10.2 Å². The van der Waals surface area contributed by atoms with Gasteiger partial charge in [-0.3, -0.25) is 4.79 Å². The predicted octanol–water partition coefficient (Wildman–Crippen LogP) is 5.00. The number of benzene rings is 3. The lowest BCUT2D eigenvalue weighted by atomic mass is 10.0. The molecule has 42 heavy (non-hydrogen) atoms. The van der Waals surface area contributed by atoms with E-state index < -0.39 is 15.9 Å². The lowest BCUT2D eigenvalue weighted by molar-refractivity contribution is -0.133. The number of nitrogens with zero attached hydrogens (tertiary/aromatic N) is 2. The van der Waals surface area contributed by atoms with Crippen molar-refractivity contribution in [1.82, 2.24) is 15.1 Å². The molecule has 3 aromatic carbocycles. The monoisotopic (exact) mass is 591 g/mol. The number of carbonyl (C=O) groups is 2. The maximum Gasteiger partial charge on any atom is 0.408 e. The van der Waals surface area contributed by atoms with Gasteiger partial charge >= 0.3 is 6.09 Å². The van der Waals surface area contributed by atoms with E-state index in [0.717, 1.165) is 49.2 Å². The molecule has 0 bridgehead atoms. The molecule has 1 atom stereocenters. The summed E-state index contributed by atoms with van der Waals surface area (Å²) in [5, 5.41) is 2.86. The molecule has 3 aromatic rings. The number of hydrogen-bond donors (Lipinski definition) is 1. The van der Waals surface area contributed by atoms with Crippen molar-refractivity contribution >= 4 is 21.8 Å². The summed E-state index contributed by atoms with van der Waals surface area (Å²) in [6, 6.07) is 26.3. The van der Waals surface area contributed by atoms with Crippen LogP contribution in [0.4, 0.5) is 4.79 Å². The Bertz CT molecular complexity index is 1390. The normalized spacial score (nSPS) is 15.1. The van der Waals surface area contributed by atoms with Gasteiger partial charge in [0.2, 0.25) is 5.91 Å². The molecule has 1 saturated heterocycles. The van der Waals surface area contributed by atoms with Crippen LogP contribution in [0.1, 0.15) is 49.0 Å². The summed E-state index contributed by atoms with van der Waals surface area (Å²) in [6.07, 6.45) is 3.06. The van der Waals surface area contributed by atoms with Crippen LogP contribution in [0.25, 0.3) is 0 Å². The van der Waals surface area contributed by atoms with Gasteiger partial charge in [0.15, 0.2) is 9.84 Å². The van der Waals surface area contributed by atoms with Crippen LogP contribution < -0.4 is 5.32 Å². The van der Waals surface area contributed by atoms with E-state index in [1.807, 2.05) is 72.5 Å². The Morgan fingerprint density at radius 3 is 2.14 bits per heavy atom. The largest absolute Gasteiger partial charge is 0.441 e. The van der Waals surface area contributed by atoms with Crippen molar-refractivity contribution in [2.45, 2.75) is 56.2 Å². The highest BCUT2D eigenvalue weighted by Gasteiger charge is 2.28. The van der Waals surface area contributed by atoms with E-state index in [9.17, 15) is 18.0 Å². The van der Waals surface area contributed by atoms with Gasteiger partial charge in [-0.05, 0) is 48.6 Å². The number of piperidine rings is 1. The number of hydrogen-bond acceptors (Lipinski definition) is 6. The molecule has 0 spiro atoms. The molecule has 1 aliphatic heterocycles. The number of carbonyl (C=O) groups excluding carboxylic acids is 2. The van der Waals surface area contributed by atoms with Gasteiger partial charge in [-0.25, -0.2) is 13.2 Å². The maximum absolute atomic E-state index is 13.2. The molecule has 1 unspecified atom stereocenters. The minimum Gasteiger partial charge on any atom is -0.441 e. The van der Waals surface area contributed by atoms with E-state index in [0.29, 0.717) is 19.5 Å². The van der Waals surface area contributed by atoms with Crippen LogP contribution in [0.15, 0.2) is 89.8 Å². The summed E-state index contributed by atoms with van der Waals surface area (Å²) >= 11 is 0. The average Bonchev–Trinajstić information content (AvgIpc) is 3.00. The fourth-order valence-corrected chi connectivity index (χ4v) is 6.06. The number of likely N-dealkylation sites (tertiary alicyclic amines) is 1. The second kappa shape index (κ2) is 15.0. The Balaban J connectivity index is 1.27. The zero-order chi connectivity index (χ0) is 30.0. The van der Waals surface area contributed by atoms with Gasteiger partial charge in [-0.15, -0.1) is 0 Å². The number of rotatable bonds is 12. The zero-order valence-electron chi connectivity index (χ0n) is 24.4. The smallest absolute Gasteiger partial charge is 0.408 e. The van der Waals surface area contributed by atoms with Crippen LogP contribution in [0, 0.1) is 0 Å². The van der Waals surface area contributed by atoms with Crippen LogP contribution in [-0.4, -0.2) is 68.7 Å². The van der Waals surface area contributed by atoms with E-state index in [-0.39, 0.29) is 29.4 Å². The topological polar surface area (TPSA) is 96.0 Å². The molecule has 0 aliphatic carbocycles.